The van der Waals surface area contributed by atoms with E-state index in [-0.39, 0.29) is 55.4 Å². The number of aryl methyl sites for hydroxylation is 1. The van der Waals surface area contributed by atoms with Crippen molar-refractivity contribution in [1.29, 1.82) is 0 Å². The zero-order valence-corrected chi connectivity index (χ0v) is 25.2. The van der Waals surface area contributed by atoms with Gasteiger partial charge in [-0.15, -0.1) is 0 Å². The van der Waals surface area contributed by atoms with Gasteiger partial charge in [-0.3, -0.25) is 28.9 Å². The quantitative estimate of drug-likeness (QED) is 0.138. The van der Waals surface area contributed by atoms with Gasteiger partial charge in [-0.2, -0.15) is 0 Å². The first-order valence-electron chi connectivity index (χ1n) is 14.8. The minimum Gasteiger partial charge on any atom is -0.352 e. The molecule has 1 aliphatic rings. The second-order valence-electron chi connectivity index (χ2n) is 11.1. The van der Waals surface area contributed by atoms with Crippen molar-refractivity contribution in [1.82, 2.24) is 20.9 Å². The average molecular weight is 587 g/mol. The molecule has 6 N–H and O–H groups in total. The van der Waals surface area contributed by atoms with Crippen molar-refractivity contribution in [3.8, 4) is 0 Å². The van der Waals surface area contributed by atoms with Crippen LogP contribution in [0.2, 0.25) is 0 Å². The number of benzene rings is 1. The number of nitrogens with zero attached hydrogens (tertiary/aromatic N) is 1. The third-order valence-corrected chi connectivity index (χ3v) is 7.25. The predicted octanol–water partition coefficient (Wildman–Crippen LogP) is 2.22. The van der Waals surface area contributed by atoms with Crippen LogP contribution in [0.1, 0.15) is 78.2 Å². The number of likely N-dealkylation sites (tertiary alicyclic amines) is 1. The topological polar surface area (TPSA) is 180 Å². The maximum absolute atomic E-state index is 13.3. The summed E-state index contributed by atoms with van der Waals surface area (Å²) < 4.78 is 0. The van der Waals surface area contributed by atoms with Gasteiger partial charge in [0.15, 0.2) is 0 Å². The van der Waals surface area contributed by atoms with Crippen LogP contribution in [0.5, 0.6) is 0 Å². The van der Waals surface area contributed by atoms with Crippen molar-refractivity contribution in [3.63, 3.8) is 0 Å². The molecule has 1 fully saturated rings. The van der Waals surface area contributed by atoms with Gasteiger partial charge in [0.2, 0.25) is 29.5 Å². The molecule has 7 amide bonds. The number of imide groups is 1. The lowest BCUT2D eigenvalue weighted by molar-refractivity contribution is -0.139. The summed E-state index contributed by atoms with van der Waals surface area (Å²) in [6, 6.07) is 4.97. The van der Waals surface area contributed by atoms with Gasteiger partial charge < -0.3 is 27.0 Å². The van der Waals surface area contributed by atoms with E-state index in [0.29, 0.717) is 37.9 Å². The first-order chi connectivity index (χ1) is 19.9. The lowest BCUT2D eigenvalue weighted by atomic mass is 10.0. The Balaban J connectivity index is 1.91. The molecule has 1 unspecified atom stereocenters. The van der Waals surface area contributed by atoms with Gasteiger partial charge in [0.25, 0.3) is 0 Å². The van der Waals surface area contributed by atoms with Gasteiger partial charge in [-0.1, -0.05) is 46.2 Å². The van der Waals surface area contributed by atoms with E-state index < -0.39 is 29.9 Å². The van der Waals surface area contributed by atoms with Crippen LogP contribution in [0.15, 0.2) is 24.3 Å². The molecule has 1 heterocycles. The molecule has 12 heteroatoms. The largest absolute Gasteiger partial charge is 0.352 e. The van der Waals surface area contributed by atoms with Crippen molar-refractivity contribution < 1.29 is 28.8 Å². The molecule has 0 bridgehead atoms. The van der Waals surface area contributed by atoms with Crippen molar-refractivity contribution >= 4 is 41.3 Å². The van der Waals surface area contributed by atoms with Crippen LogP contribution in [0.3, 0.4) is 0 Å². The molecule has 0 aliphatic carbocycles. The van der Waals surface area contributed by atoms with Crippen LogP contribution in [0.25, 0.3) is 0 Å². The Bertz CT molecular complexity index is 1110. The first-order valence-corrected chi connectivity index (χ1v) is 14.8. The Hall–Kier alpha value is -3.96. The zero-order chi connectivity index (χ0) is 31.2. The zero-order valence-electron chi connectivity index (χ0n) is 25.2. The molecular weight excluding hydrogens is 540 g/mol. The summed E-state index contributed by atoms with van der Waals surface area (Å²) in [7, 11) is 0. The lowest BCUT2D eigenvalue weighted by Gasteiger charge is -2.25. The van der Waals surface area contributed by atoms with Gasteiger partial charge >= 0.3 is 6.03 Å². The first kappa shape index (κ1) is 34.2. The monoisotopic (exact) mass is 586 g/mol. The van der Waals surface area contributed by atoms with Gasteiger partial charge in [0.1, 0.15) is 12.1 Å². The average Bonchev–Trinajstić information content (AvgIpc) is 3.18. The predicted molar refractivity (Wildman–Crippen MR) is 159 cm³/mol. The molecule has 0 radical (unpaired) electrons. The molecule has 232 valence electrons. The fourth-order valence-electron chi connectivity index (χ4n) is 4.70. The van der Waals surface area contributed by atoms with Gasteiger partial charge in [0, 0.05) is 37.5 Å². The highest BCUT2D eigenvalue weighted by molar-refractivity contribution is 6.03. The number of rotatable bonds is 17. The highest BCUT2D eigenvalue weighted by Gasteiger charge is 2.35. The molecule has 0 spiro atoms. The number of unbranched alkanes of at least 4 members (excludes halogenated alkanes) is 2. The van der Waals surface area contributed by atoms with Gasteiger partial charge in [0.05, 0.1) is 0 Å². The molecule has 12 nitrogen and oxygen atoms in total. The second-order valence-corrected chi connectivity index (χ2v) is 11.1. The van der Waals surface area contributed by atoms with Gasteiger partial charge in [-0.25, -0.2) is 4.79 Å². The van der Waals surface area contributed by atoms with Crippen molar-refractivity contribution in [2.75, 3.05) is 18.4 Å². The number of amides is 7. The Morgan fingerprint density at radius 1 is 0.976 bits per heavy atom. The number of nitrogens with two attached hydrogens (primary N) is 1. The van der Waals surface area contributed by atoms with E-state index in [0.717, 1.165) is 12.0 Å². The SMILES string of the molecule is CCc1ccc(NC(=O)[C@H](CCCNC(N)=O)NC(=O)[C@@H](NC(=O)CCCCCN2C(=O)CC(C)C2=O)C(C)C)cc1. The number of hydrogen-bond acceptors (Lipinski definition) is 6. The third kappa shape index (κ3) is 11.1. The number of hydrogen-bond donors (Lipinski definition) is 5. The minimum absolute atomic E-state index is 0.144. The molecule has 1 aromatic carbocycles. The lowest BCUT2D eigenvalue weighted by Crippen LogP contribution is -2.54. The Kier molecular flexibility index (Phi) is 13.9. The molecular formula is C30H46N6O6. The Morgan fingerprint density at radius 3 is 2.24 bits per heavy atom. The highest BCUT2D eigenvalue weighted by atomic mass is 16.2. The second kappa shape index (κ2) is 17.1. The van der Waals surface area contributed by atoms with E-state index in [4.69, 9.17) is 5.73 Å². The van der Waals surface area contributed by atoms with Crippen molar-refractivity contribution in [3.05, 3.63) is 29.8 Å². The maximum atomic E-state index is 13.3. The molecule has 42 heavy (non-hydrogen) atoms. The summed E-state index contributed by atoms with van der Waals surface area (Å²) in [5.74, 6) is -2.01. The van der Waals surface area contributed by atoms with Gasteiger partial charge in [-0.05, 0) is 55.7 Å². The molecule has 2 rings (SSSR count). The van der Waals surface area contributed by atoms with E-state index in [2.05, 4.69) is 21.3 Å². The van der Waals surface area contributed by atoms with E-state index >= 15 is 0 Å². The fraction of sp³-hybridized carbons (Fsp3) is 0.600. The third-order valence-electron chi connectivity index (χ3n) is 7.25. The normalized spacial score (nSPS) is 16.2. The van der Waals surface area contributed by atoms with Crippen molar-refractivity contribution in [2.24, 2.45) is 17.6 Å². The van der Waals surface area contributed by atoms with E-state index in [1.165, 1.54) is 4.90 Å². The van der Waals surface area contributed by atoms with Crippen molar-refractivity contribution in [2.45, 2.75) is 91.1 Å². The summed E-state index contributed by atoms with van der Waals surface area (Å²) in [6.07, 6.45) is 3.73. The van der Waals surface area contributed by atoms with E-state index in [1.54, 1.807) is 32.9 Å². The summed E-state index contributed by atoms with van der Waals surface area (Å²) in [6.45, 7) is 7.97. The van der Waals surface area contributed by atoms with Crippen LogP contribution in [0, 0.1) is 11.8 Å². The molecule has 0 aromatic heterocycles. The Labute approximate surface area is 247 Å². The van der Waals surface area contributed by atoms with Crippen LogP contribution in [0.4, 0.5) is 10.5 Å². The van der Waals surface area contributed by atoms with Crippen LogP contribution >= 0.6 is 0 Å². The van der Waals surface area contributed by atoms with E-state index in [9.17, 15) is 28.8 Å². The standard InChI is InChI=1S/C30H46N6O6/c1-5-21-12-14-22(15-13-21)33-27(39)23(10-9-16-32-30(31)42)34-28(40)26(19(2)3)35-24(37)11-7-6-8-17-36-25(38)18-20(4)29(36)41/h12-15,19-20,23,26H,5-11,16-18H2,1-4H3,(H,33,39)(H,34,40)(H,35,37)(H3,31,32,42)/t20?,23-,26-/m0/s1. The van der Waals surface area contributed by atoms with E-state index in [1.807, 2.05) is 19.1 Å². The van der Waals surface area contributed by atoms with Crippen LogP contribution in [-0.4, -0.2) is 65.6 Å². The molecule has 1 saturated heterocycles. The fourth-order valence-corrected chi connectivity index (χ4v) is 4.70. The number of primary amides is 1. The van der Waals surface area contributed by atoms with Crippen LogP contribution < -0.4 is 27.0 Å². The van der Waals surface area contributed by atoms with Crippen LogP contribution in [-0.2, 0) is 30.4 Å². The summed E-state index contributed by atoms with van der Waals surface area (Å²) in [4.78, 5) is 75.3. The summed E-state index contributed by atoms with van der Waals surface area (Å²) in [5, 5.41) is 10.9. The maximum Gasteiger partial charge on any atom is 0.312 e. The summed E-state index contributed by atoms with van der Waals surface area (Å²) in [5.41, 5.74) is 6.84. The number of urea groups is 1. The smallest absolute Gasteiger partial charge is 0.312 e. The molecule has 3 atom stereocenters. The molecule has 1 aliphatic heterocycles. The highest BCUT2D eigenvalue weighted by Crippen LogP contribution is 2.19. The number of carbonyl (C=O) groups is 6. The Morgan fingerprint density at radius 2 is 1.67 bits per heavy atom. The summed E-state index contributed by atoms with van der Waals surface area (Å²) >= 11 is 0. The number of carbonyl (C=O) groups excluding carboxylic acids is 6. The molecule has 1 aromatic rings. The number of nitrogens with one attached hydrogen (secondary N) is 4. The minimum atomic E-state index is -0.907. The number of anilines is 1. The molecule has 0 saturated carbocycles.